The fourth-order valence-electron chi connectivity index (χ4n) is 1.90. The Morgan fingerprint density at radius 2 is 1.68 bits per heavy atom. The molecule has 10 heteroatoms. The van der Waals surface area contributed by atoms with Crippen molar-refractivity contribution in [3.8, 4) is 0 Å². The number of aliphatic carboxylic acids is 2. The molecule has 144 valence electrons. The lowest BCUT2D eigenvalue weighted by atomic mass is 10.1. The van der Waals surface area contributed by atoms with Crippen molar-refractivity contribution >= 4 is 36.4 Å². The lowest BCUT2D eigenvalue weighted by molar-refractivity contribution is -0.168. The molecule has 0 aromatic heterocycles. The number of hydrogen-bond acceptors (Lipinski definition) is 7. The second kappa shape index (κ2) is 10.9. The number of rotatable bonds is 11. The first-order valence-electron chi connectivity index (χ1n) is 7.86. The summed E-state index contributed by atoms with van der Waals surface area (Å²) >= 11 is 4.12. The molecule has 25 heavy (non-hydrogen) atoms. The Kier molecular flexibility index (Phi) is 10.1. The van der Waals surface area contributed by atoms with Crippen molar-refractivity contribution in [1.82, 2.24) is 5.32 Å². The van der Waals surface area contributed by atoms with Crippen LogP contribution in [0, 0.1) is 5.92 Å². The van der Waals surface area contributed by atoms with Gasteiger partial charge in [-0.15, -0.1) is 0 Å². The molecule has 1 amide bonds. The first-order valence-corrected chi connectivity index (χ1v) is 8.38. The maximum absolute atomic E-state index is 12.2. The summed E-state index contributed by atoms with van der Waals surface area (Å²) in [5.74, 6) is -4.26. The summed E-state index contributed by atoms with van der Waals surface area (Å²) in [6.07, 6.45) is -1.01. The molecule has 0 bridgehead atoms. The highest BCUT2D eigenvalue weighted by Gasteiger charge is 2.32. The molecule has 0 aromatic carbocycles. The van der Waals surface area contributed by atoms with Gasteiger partial charge in [-0.1, -0.05) is 20.8 Å². The van der Waals surface area contributed by atoms with Gasteiger partial charge in [0.05, 0.1) is 0 Å². The van der Waals surface area contributed by atoms with Gasteiger partial charge in [-0.2, -0.15) is 12.6 Å². The minimum absolute atomic E-state index is 0.0300. The molecule has 0 spiro atoms. The second-order valence-electron chi connectivity index (χ2n) is 6.06. The van der Waals surface area contributed by atoms with Crippen LogP contribution in [0.3, 0.4) is 0 Å². The zero-order chi connectivity index (χ0) is 19.7. The van der Waals surface area contributed by atoms with Crippen molar-refractivity contribution in [2.75, 3.05) is 0 Å². The van der Waals surface area contributed by atoms with Gasteiger partial charge < -0.3 is 26.0 Å². The zero-order valence-corrected chi connectivity index (χ0v) is 15.4. The van der Waals surface area contributed by atoms with Crippen LogP contribution in [0.1, 0.15) is 40.0 Å². The van der Waals surface area contributed by atoms with Crippen LogP contribution < -0.4 is 11.1 Å². The van der Waals surface area contributed by atoms with E-state index in [-0.39, 0.29) is 19.3 Å². The minimum atomic E-state index is -1.33. The molecule has 0 rings (SSSR count). The minimum Gasteiger partial charge on any atom is -0.480 e. The topological polar surface area (TPSA) is 156 Å². The molecule has 0 aliphatic rings. The van der Waals surface area contributed by atoms with Crippen LogP contribution in [-0.4, -0.2) is 57.5 Å². The largest absolute Gasteiger partial charge is 0.480 e. The molecule has 0 fully saturated rings. The molecule has 0 aromatic rings. The van der Waals surface area contributed by atoms with Gasteiger partial charge in [0, 0.05) is 17.6 Å². The number of carbonyl (C=O) groups excluding carboxylic acids is 2. The quantitative estimate of drug-likeness (QED) is 0.249. The number of carboxylic acids is 2. The van der Waals surface area contributed by atoms with E-state index in [1.807, 2.05) is 0 Å². The summed E-state index contributed by atoms with van der Waals surface area (Å²) < 4.78 is 4.97. The lowest BCUT2D eigenvalue weighted by Gasteiger charge is -2.24. The molecule has 0 heterocycles. The Bertz CT molecular complexity index is 496. The van der Waals surface area contributed by atoms with Gasteiger partial charge in [-0.25, -0.2) is 9.59 Å². The number of nitrogens with one attached hydrogen (secondary N) is 1. The summed E-state index contributed by atoms with van der Waals surface area (Å²) in [6, 6.07) is -2.18. The number of ether oxygens (including phenoxy) is 1. The number of nitrogens with two attached hydrogens (primary N) is 1. The van der Waals surface area contributed by atoms with Crippen LogP contribution in [0.2, 0.25) is 0 Å². The molecule has 0 unspecified atom stereocenters. The van der Waals surface area contributed by atoms with Crippen LogP contribution in [0.25, 0.3) is 0 Å². The van der Waals surface area contributed by atoms with Gasteiger partial charge >= 0.3 is 17.9 Å². The van der Waals surface area contributed by atoms with Crippen LogP contribution in [0.4, 0.5) is 0 Å². The van der Waals surface area contributed by atoms with Crippen molar-refractivity contribution < 1.29 is 34.1 Å². The molecule has 9 nitrogen and oxygen atoms in total. The highest BCUT2D eigenvalue weighted by atomic mass is 32.1. The predicted octanol–water partition coefficient (Wildman–Crippen LogP) is 0.0241. The first-order chi connectivity index (χ1) is 11.5. The fraction of sp³-hybridized carbons (Fsp3) is 0.733. The SMILES string of the molecule is CC(C)[C@@H](OC(=O)[C@@H](NC(=O)CCC[C@H](N)C(=O)O)[C@H](C)S)C(=O)O. The van der Waals surface area contributed by atoms with E-state index in [2.05, 4.69) is 17.9 Å². The van der Waals surface area contributed by atoms with Crippen molar-refractivity contribution in [2.24, 2.45) is 11.7 Å². The number of hydrogen-bond donors (Lipinski definition) is 5. The Hall–Kier alpha value is -1.81. The maximum Gasteiger partial charge on any atom is 0.345 e. The normalized spacial score (nSPS) is 15.8. The Morgan fingerprint density at radius 1 is 1.12 bits per heavy atom. The van der Waals surface area contributed by atoms with Crippen LogP contribution in [0.5, 0.6) is 0 Å². The number of amides is 1. The van der Waals surface area contributed by atoms with E-state index in [9.17, 15) is 19.2 Å². The summed E-state index contributed by atoms with van der Waals surface area (Å²) in [6.45, 7) is 4.74. The first kappa shape index (κ1) is 23.2. The molecule has 5 N–H and O–H groups in total. The highest BCUT2D eigenvalue weighted by molar-refractivity contribution is 7.81. The highest BCUT2D eigenvalue weighted by Crippen LogP contribution is 2.12. The number of carboxylic acid groups (broad SMARTS) is 2. The molecule has 0 saturated carbocycles. The van der Waals surface area contributed by atoms with E-state index in [1.165, 1.54) is 0 Å². The summed E-state index contributed by atoms with van der Waals surface area (Å²) in [4.78, 5) is 45.8. The van der Waals surface area contributed by atoms with Gasteiger partial charge in [0.15, 0.2) is 0 Å². The number of esters is 1. The third-order valence-corrected chi connectivity index (χ3v) is 3.68. The summed E-state index contributed by atoms with van der Waals surface area (Å²) in [5, 5.41) is 19.6. The predicted molar refractivity (Wildman–Crippen MR) is 92.2 cm³/mol. The molecule has 0 aliphatic heterocycles. The van der Waals surface area contributed by atoms with E-state index in [1.54, 1.807) is 20.8 Å². The van der Waals surface area contributed by atoms with Crippen molar-refractivity contribution in [2.45, 2.75) is 63.5 Å². The molecule has 4 atom stereocenters. The molecule has 0 saturated heterocycles. The summed E-state index contributed by atoms with van der Waals surface area (Å²) in [5.41, 5.74) is 5.34. The average molecular weight is 378 g/mol. The monoisotopic (exact) mass is 378 g/mol. The smallest absolute Gasteiger partial charge is 0.345 e. The second-order valence-corrected chi connectivity index (χ2v) is 6.88. The third kappa shape index (κ3) is 8.73. The third-order valence-electron chi connectivity index (χ3n) is 3.38. The van der Waals surface area contributed by atoms with E-state index >= 15 is 0 Å². The van der Waals surface area contributed by atoms with Gasteiger partial charge in [0.25, 0.3) is 0 Å². The van der Waals surface area contributed by atoms with Crippen molar-refractivity contribution in [3.63, 3.8) is 0 Å². The van der Waals surface area contributed by atoms with Gasteiger partial charge in [0.2, 0.25) is 12.0 Å². The van der Waals surface area contributed by atoms with E-state index in [0.29, 0.717) is 0 Å². The van der Waals surface area contributed by atoms with Crippen LogP contribution in [-0.2, 0) is 23.9 Å². The maximum atomic E-state index is 12.2. The van der Waals surface area contributed by atoms with E-state index in [4.69, 9.17) is 20.7 Å². The van der Waals surface area contributed by atoms with E-state index in [0.717, 1.165) is 0 Å². The molecule has 0 aliphatic carbocycles. The van der Waals surface area contributed by atoms with Gasteiger partial charge in [-0.3, -0.25) is 9.59 Å². The van der Waals surface area contributed by atoms with Gasteiger partial charge in [-0.05, 0) is 12.8 Å². The average Bonchev–Trinajstić information content (AvgIpc) is 2.48. The van der Waals surface area contributed by atoms with E-state index < -0.39 is 53.2 Å². The standard InChI is InChI=1S/C15H26N2O7S/c1-7(2)12(14(21)22)24-15(23)11(8(3)25)17-10(18)6-4-5-9(16)13(19)20/h7-9,11-12,25H,4-6,16H2,1-3H3,(H,17,18)(H,19,20)(H,21,22)/t8-,9-,11-,12+/m0/s1. The number of carbonyl (C=O) groups is 4. The Balaban J connectivity index is 4.68. The lowest BCUT2D eigenvalue weighted by Crippen LogP contribution is -2.49. The fourth-order valence-corrected chi connectivity index (χ4v) is 2.09. The van der Waals surface area contributed by atoms with Gasteiger partial charge in [0.1, 0.15) is 12.1 Å². The molecule has 0 radical (unpaired) electrons. The van der Waals surface area contributed by atoms with Crippen LogP contribution >= 0.6 is 12.6 Å². The van der Waals surface area contributed by atoms with Crippen LogP contribution in [0.15, 0.2) is 0 Å². The van der Waals surface area contributed by atoms with Crippen molar-refractivity contribution in [3.05, 3.63) is 0 Å². The Morgan fingerprint density at radius 3 is 2.08 bits per heavy atom. The number of thiol groups is 1. The summed E-state index contributed by atoms with van der Waals surface area (Å²) in [7, 11) is 0. The van der Waals surface area contributed by atoms with Crippen molar-refractivity contribution in [1.29, 1.82) is 0 Å². The Labute approximate surface area is 151 Å². The molecular weight excluding hydrogens is 352 g/mol. The zero-order valence-electron chi connectivity index (χ0n) is 14.5. The molecular formula is C15H26N2O7S.